The zero-order valence-electron chi connectivity index (χ0n) is 16.0. The third-order valence-electron chi connectivity index (χ3n) is 4.90. The third-order valence-corrected chi connectivity index (χ3v) is 4.90. The van der Waals surface area contributed by atoms with Crippen LogP contribution >= 0.6 is 0 Å². The predicted molar refractivity (Wildman–Crippen MR) is 107 cm³/mol. The molecule has 9 heteroatoms. The van der Waals surface area contributed by atoms with Gasteiger partial charge >= 0.3 is 0 Å². The first-order chi connectivity index (χ1) is 13.8. The Kier molecular flexibility index (Phi) is 5.45. The highest BCUT2D eigenvalue weighted by Gasteiger charge is 2.33. The van der Waals surface area contributed by atoms with E-state index in [0.717, 1.165) is 36.8 Å². The number of ether oxygens (including phenoxy) is 1. The maximum absolute atomic E-state index is 5.70. The molecular weight excluding hydrogens is 356 g/mol. The molecule has 1 aliphatic rings. The van der Waals surface area contributed by atoms with Crippen LogP contribution in [0.3, 0.4) is 0 Å². The van der Waals surface area contributed by atoms with Crippen LogP contribution in [0.15, 0.2) is 49.3 Å². The number of rotatable bonds is 7. The second-order valence-electron chi connectivity index (χ2n) is 6.65. The molecule has 0 unspecified atom stereocenters. The summed E-state index contributed by atoms with van der Waals surface area (Å²) in [7, 11) is 3.57. The second-order valence-corrected chi connectivity index (χ2v) is 6.65. The van der Waals surface area contributed by atoms with Crippen LogP contribution in [0.1, 0.15) is 5.56 Å². The lowest BCUT2D eigenvalue weighted by atomic mass is 10.2. The van der Waals surface area contributed by atoms with Gasteiger partial charge in [0.25, 0.3) is 0 Å². The standard InChI is InChI=1S/C19H24N8O/c1-20-19-22-6-5-18(25-19)27-11-15(16(12-27)28-2)23-9-14-3-4-17(24-10-14)26-8-7-21-13-26/h3-8,10,13,15-16,23H,9,11-12H2,1-2H3,(H,20,22,25)/t15-,16+/m1/s1. The Morgan fingerprint density at radius 2 is 2.07 bits per heavy atom. The van der Waals surface area contributed by atoms with Crippen molar-refractivity contribution in [3.63, 3.8) is 0 Å². The van der Waals surface area contributed by atoms with E-state index in [1.807, 2.05) is 36.1 Å². The van der Waals surface area contributed by atoms with E-state index in [0.29, 0.717) is 5.95 Å². The van der Waals surface area contributed by atoms with Crippen molar-refractivity contribution in [1.29, 1.82) is 0 Å². The number of aromatic nitrogens is 5. The lowest BCUT2D eigenvalue weighted by Gasteiger charge is -2.18. The fraction of sp³-hybridized carbons (Fsp3) is 0.368. The average Bonchev–Trinajstić information content (AvgIpc) is 3.42. The summed E-state index contributed by atoms with van der Waals surface area (Å²) in [5.41, 5.74) is 1.12. The van der Waals surface area contributed by atoms with Crippen molar-refractivity contribution in [2.24, 2.45) is 0 Å². The van der Waals surface area contributed by atoms with Crippen molar-refractivity contribution in [3.05, 3.63) is 54.9 Å². The highest BCUT2D eigenvalue weighted by molar-refractivity contribution is 5.44. The summed E-state index contributed by atoms with van der Waals surface area (Å²) in [6, 6.07) is 6.20. The molecule has 0 saturated carbocycles. The Morgan fingerprint density at radius 1 is 1.14 bits per heavy atom. The molecule has 2 N–H and O–H groups in total. The number of methoxy groups -OCH3 is 1. The molecule has 0 bridgehead atoms. The Bertz CT molecular complexity index is 883. The topological polar surface area (TPSA) is 93.0 Å². The van der Waals surface area contributed by atoms with Gasteiger partial charge in [-0.1, -0.05) is 6.07 Å². The molecule has 1 saturated heterocycles. The molecule has 146 valence electrons. The highest BCUT2D eigenvalue weighted by atomic mass is 16.5. The van der Waals surface area contributed by atoms with Crippen molar-refractivity contribution in [3.8, 4) is 5.82 Å². The summed E-state index contributed by atoms with van der Waals surface area (Å²) < 4.78 is 7.58. The predicted octanol–water partition coefficient (Wildman–Crippen LogP) is 1.09. The van der Waals surface area contributed by atoms with E-state index in [2.05, 4.69) is 41.5 Å². The first-order valence-electron chi connectivity index (χ1n) is 9.22. The molecule has 28 heavy (non-hydrogen) atoms. The molecule has 0 amide bonds. The van der Waals surface area contributed by atoms with Crippen LogP contribution in [-0.2, 0) is 11.3 Å². The maximum Gasteiger partial charge on any atom is 0.224 e. The van der Waals surface area contributed by atoms with Crippen molar-refractivity contribution in [2.75, 3.05) is 37.5 Å². The van der Waals surface area contributed by atoms with E-state index in [-0.39, 0.29) is 12.1 Å². The number of pyridine rings is 1. The minimum Gasteiger partial charge on any atom is -0.378 e. The monoisotopic (exact) mass is 380 g/mol. The van der Waals surface area contributed by atoms with Gasteiger partial charge in [-0.2, -0.15) is 4.98 Å². The number of nitrogens with zero attached hydrogens (tertiary/aromatic N) is 6. The Hall–Kier alpha value is -3.04. The fourth-order valence-electron chi connectivity index (χ4n) is 3.36. The summed E-state index contributed by atoms with van der Waals surface area (Å²) in [5, 5.41) is 6.58. The van der Waals surface area contributed by atoms with Crippen molar-refractivity contribution in [2.45, 2.75) is 18.7 Å². The van der Waals surface area contributed by atoms with Gasteiger partial charge in [-0.25, -0.2) is 15.0 Å². The number of hydrogen-bond donors (Lipinski definition) is 2. The van der Waals surface area contributed by atoms with Crippen molar-refractivity contribution >= 4 is 11.8 Å². The minimum atomic E-state index is 0.0891. The van der Waals surface area contributed by atoms with Crippen molar-refractivity contribution in [1.82, 2.24) is 29.8 Å². The largest absolute Gasteiger partial charge is 0.378 e. The number of imidazole rings is 1. The molecule has 4 heterocycles. The summed E-state index contributed by atoms with van der Waals surface area (Å²) in [5.74, 6) is 2.37. The zero-order chi connectivity index (χ0) is 19.3. The summed E-state index contributed by atoms with van der Waals surface area (Å²) >= 11 is 0. The Labute approximate surface area is 163 Å². The fourth-order valence-corrected chi connectivity index (χ4v) is 3.36. The van der Waals surface area contributed by atoms with Gasteiger partial charge in [0, 0.05) is 58.6 Å². The van der Waals surface area contributed by atoms with E-state index in [1.54, 1.807) is 25.8 Å². The molecular formula is C19H24N8O. The van der Waals surface area contributed by atoms with E-state index in [9.17, 15) is 0 Å². The molecule has 0 aromatic carbocycles. The summed E-state index contributed by atoms with van der Waals surface area (Å²) in [6.07, 6.45) is 9.11. The molecule has 0 radical (unpaired) electrons. The number of nitrogens with one attached hydrogen (secondary N) is 2. The molecule has 3 aromatic heterocycles. The molecule has 9 nitrogen and oxygen atoms in total. The van der Waals surface area contributed by atoms with Crippen LogP contribution in [0.4, 0.5) is 11.8 Å². The van der Waals surface area contributed by atoms with Crippen LogP contribution in [0.5, 0.6) is 0 Å². The smallest absolute Gasteiger partial charge is 0.224 e. The van der Waals surface area contributed by atoms with E-state index in [4.69, 9.17) is 4.74 Å². The lowest BCUT2D eigenvalue weighted by molar-refractivity contribution is 0.0966. The zero-order valence-corrected chi connectivity index (χ0v) is 16.0. The van der Waals surface area contributed by atoms with Crippen LogP contribution in [0.2, 0.25) is 0 Å². The average molecular weight is 380 g/mol. The van der Waals surface area contributed by atoms with Gasteiger partial charge < -0.3 is 20.3 Å². The SMILES string of the molecule is CNc1nccc(N2C[C@H](OC)[C@H](NCc3ccc(-n4ccnc4)nc3)C2)n1. The van der Waals surface area contributed by atoms with E-state index < -0.39 is 0 Å². The van der Waals surface area contributed by atoms with Crippen LogP contribution in [0.25, 0.3) is 5.82 Å². The summed E-state index contributed by atoms with van der Waals surface area (Å²) in [6.45, 7) is 2.33. The second kappa shape index (κ2) is 8.32. The number of anilines is 2. The molecule has 1 aliphatic heterocycles. The molecule has 4 rings (SSSR count). The minimum absolute atomic E-state index is 0.0891. The van der Waals surface area contributed by atoms with Gasteiger partial charge in [0.05, 0.1) is 12.1 Å². The molecule has 0 spiro atoms. The first-order valence-corrected chi connectivity index (χ1v) is 9.22. The van der Waals surface area contributed by atoms with E-state index in [1.165, 1.54) is 0 Å². The molecule has 1 fully saturated rings. The molecule has 2 atom stereocenters. The van der Waals surface area contributed by atoms with E-state index >= 15 is 0 Å². The highest BCUT2D eigenvalue weighted by Crippen LogP contribution is 2.21. The van der Waals surface area contributed by atoms with Crippen LogP contribution < -0.4 is 15.5 Å². The molecule has 3 aromatic rings. The van der Waals surface area contributed by atoms with Gasteiger partial charge in [-0.15, -0.1) is 0 Å². The van der Waals surface area contributed by atoms with Gasteiger partial charge in [-0.3, -0.25) is 4.57 Å². The third kappa shape index (κ3) is 3.95. The van der Waals surface area contributed by atoms with Gasteiger partial charge in [-0.05, 0) is 17.7 Å². The maximum atomic E-state index is 5.70. The van der Waals surface area contributed by atoms with Crippen LogP contribution in [-0.4, -0.2) is 63.9 Å². The molecule has 0 aliphatic carbocycles. The summed E-state index contributed by atoms with van der Waals surface area (Å²) in [4.78, 5) is 19.5. The van der Waals surface area contributed by atoms with Gasteiger partial charge in [0.1, 0.15) is 18.0 Å². The lowest BCUT2D eigenvalue weighted by Crippen LogP contribution is -2.39. The number of hydrogen-bond acceptors (Lipinski definition) is 8. The van der Waals surface area contributed by atoms with Crippen molar-refractivity contribution < 1.29 is 4.74 Å². The Balaban J connectivity index is 1.38. The Morgan fingerprint density at radius 3 is 2.79 bits per heavy atom. The van der Waals surface area contributed by atoms with Gasteiger partial charge in [0.2, 0.25) is 5.95 Å². The first kappa shape index (κ1) is 18.3. The van der Waals surface area contributed by atoms with Crippen LogP contribution in [0, 0.1) is 0 Å². The normalized spacial score (nSPS) is 19.1. The van der Waals surface area contributed by atoms with Gasteiger partial charge in [0.15, 0.2) is 0 Å². The quantitative estimate of drug-likeness (QED) is 0.629.